The first-order valence-electron chi connectivity index (χ1n) is 6.27. The molecule has 0 bridgehead atoms. The normalized spacial score (nSPS) is 18.1. The van der Waals surface area contributed by atoms with Crippen molar-refractivity contribution in [2.75, 3.05) is 0 Å². The average molecular weight is 293 g/mol. The Morgan fingerprint density at radius 3 is 2.50 bits per heavy atom. The molecule has 2 heterocycles. The maximum atomic E-state index is 13.7. The van der Waals surface area contributed by atoms with Crippen molar-refractivity contribution in [1.82, 2.24) is 4.98 Å². The Morgan fingerprint density at radius 1 is 1.10 bits per heavy atom. The molecule has 3 rings (SSSR count). The SMILES string of the molecule is Fc1cccc(F)c1C1=NC(c2ccc(Cl)nc2)CC1. The third kappa shape index (κ3) is 2.43. The summed E-state index contributed by atoms with van der Waals surface area (Å²) >= 11 is 5.74. The highest BCUT2D eigenvalue weighted by atomic mass is 35.5. The van der Waals surface area contributed by atoms with Crippen molar-refractivity contribution < 1.29 is 8.78 Å². The van der Waals surface area contributed by atoms with Crippen molar-refractivity contribution >= 4 is 17.3 Å². The van der Waals surface area contributed by atoms with Crippen molar-refractivity contribution in [3.05, 3.63) is 64.4 Å². The van der Waals surface area contributed by atoms with Crippen molar-refractivity contribution in [2.45, 2.75) is 18.9 Å². The van der Waals surface area contributed by atoms with Gasteiger partial charge in [-0.2, -0.15) is 0 Å². The van der Waals surface area contributed by atoms with Crippen LogP contribution in [0.15, 0.2) is 41.5 Å². The Morgan fingerprint density at radius 2 is 1.85 bits per heavy atom. The summed E-state index contributed by atoms with van der Waals surface area (Å²) in [5, 5.41) is 0.413. The third-order valence-corrected chi connectivity index (χ3v) is 3.58. The van der Waals surface area contributed by atoms with E-state index in [0.717, 1.165) is 5.56 Å². The first-order chi connectivity index (χ1) is 9.65. The molecule has 2 nitrogen and oxygen atoms in total. The van der Waals surface area contributed by atoms with Crippen LogP contribution in [0.5, 0.6) is 0 Å². The predicted octanol–water partition coefficient (Wildman–Crippen LogP) is 4.34. The fourth-order valence-electron chi connectivity index (χ4n) is 2.38. The summed E-state index contributed by atoms with van der Waals surface area (Å²) in [4.78, 5) is 8.44. The molecule has 0 N–H and O–H groups in total. The maximum Gasteiger partial charge on any atom is 0.135 e. The molecule has 0 amide bonds. The van der Waals surface area contributed by atoms with E-state index in [9.17, 15) is 8.78 Å². The van der Waals surface area contributed by atoms with Crippen LogP contribution in [0.4, 0.5) is 8.78 Å². The van der Waals surface area contributed by atoms with Gasteiger partial charge in [-0.3, -0.25) is 4.99 Å². The van der Waals surface area contributed by atoms with Gasteiger partial charge in [0, 0.05) is 11.9 Å². The molecule has 5 heteroatoms. The maximum absolute atomic E-state index is 13.7. The Bertz CT molecular complexity index is 648. The minimum atomic E-state index is -0.571. The van der Waals surface area contributed by atoms with Crippen LogP contribution < -0.4 is 0 Å². The van der Waals surface area contributed by atoms with Crippen molar-refractivity contribution in [2.24, 2.45) is 4.99 Å². The Kier molecular flexibility index (Phi) is 3.49. The van der Waals surface area contributed by atoms with E-state index in [-0.39, 0.29) is 11.6 Å². The van der Waals surface area contributed by atoms with Crippen LogP contribution in [0, 0.1) is 11.6 Å². The summed E-state index contributed by atoms with van der Waals surface area (Å²) in [5.74, 6) is -1.14. The van der Waals surface area contributed by atoms with Gasteiger partial charge >= 0.3 is 0 Å². The minimum absolute atomic E-state index is 0.0167. The lowest BCUT2D eigenvalue weighted by Crippen LogP contribution is -2.03. The molecule has 1 aliphatic rings. The van der Waals surface area contributed by atoms with Gasteiger partial charge in [-0.25, -0.2) is 13.8 Å². The molecule has 0 aliphatic carbocycles. The van der Waals surface area contributed by atoms with Crippen LogP contribution in [0.3, 0.4) is 0 Å². The number of aliphatic imine (C=N–C) groups is 1. The highest BCUT2D eigenvalue weighted by molar-refractivity contribution is 6.29. The molecule has 0 saturated heterocycles. The topological polar surface area (TPSA) is 25.2 Å². The number of benzene rings is 1. The van der Waals surface area contributed by atoms with Crippen LogP contribution in [0.2, 0.25) is 5.15 Å². The van der Waals surface area contributed by atoms with E-state index in [1.165, 1.54) is 18.2 Å². The van der Waals surface area contributed by atoms with Gasteiger partial charge in [0.15, 0.2) is 0 Å². The zero-order valence-electron chi connectivity index (χ0n) is 10.5. The van der Waals surface area contributed by atoms with E-state index in [2.05, 4.69) is 9.98 Å². The first-order valence-corrected chi connectivity index (χ1v) is 6.65. The average Bonchev–Trinajstić information content (AvgIpc) is 2.89. The van der Waals surface area contributed by atoms with E-state index in [4.69, 9.17) is 11.6 Å². The molecular formula is C15H11ClF2N2. The molecule has 1 aromatic heterocycles. The van der Waals surface area contributed by atoms with Gasteiger partial charge in [0.25, 0.3) is 0 Å². The molecule has 102 valence electrons. The van der Waals surface area contributed by atoms with Crippen molar-refractivity contribution in [3.8, 4) is 0 Å². The second-order valence-corrected chi connectivity index (χ2v) is 5.03. The Labute approximate surface area is 120 Å². The molecule has 20 heavy (non-hydrogen) atoms. The molecule has 0 fully saturated rings. The van der Waals surface area contributed by atoms with Crippen LogP contribution in [-0.2, 0) is 0 Å². The largest absolute Gasteiger partial charge is 0.281 e. The lowest BCUT2D eigenvalue weighted by molar-refractivity contribution is 0.578. The summed E-state index contributed by atoms with van der Waals surface area (Å²) in [5.41, 5.74) is 1.36. The lowest BCUT2D eigenvalue weighted by atomic mass is 10.0. The number of hydrogen-bond acceptors (Lipinski definition) is 2. The van der Waals surface area contributed by atoms with Gasteiger partial charge in [0.2, 0.25) is 0 Å². The molecule has 1 aliphatic heterocycles. The summed E-state index contributed by atoms with van der Waals surface area (Å²) in [6.45, 7) is 0. The second kappa shape index (κ2) is 5.29. The van der Waals surface area contributed by atoms with Gasteiger partial charge < -0.3 is 0 Å². The standard InChI is InChI=1S/C15H11ClF2N2/c16-14-7-4-9(8-19-14)12-5-6-13(20-12)15-10(17)2-1-3-11(15)18/h1-4,7-8,12H,5-6H2. The quantitative estimate of drug-likeness (QED) is 0.756. The van der Waals surface area contributed by atoms with Gasteiger partial charge in [0.05, 0.1) is 11.6 Å². The summed E-state index contributed by atoms with van der Waals surface area (Å²) in [6.07, 6.45) is 2.91. The molecule has 0 radical (unpaired) electrons. The lowest BCUT2D eigenvalue weighted by Gasteiger charge is -2.06. The summed E-state index contributed by atoms with van der Waals surface area (Å²) in [6, 6.07) is 7.26. The number of rotatable bonds is 2. The van der Waals surface area contributed by atoms with E-state index in [1.807, 2.05) is 6.07 Å². The molecule has 1 atom stereocenters. The fraction of sp³-hybridized carbons (Fsp3) is 0.200. The number of aromatic nitrogens is 1. The van der Waals surface area contributed by atoms with Crippen molar-refractivity contribution in [3.63, 3.8) is 0 Å². The predicted molar refractivity (Wildman–Crippen MR) is 74.1 cm³/mol. The third-order valence-electron chi connectivity index (χ3n) is 3.35. The number of pyridine rings is 1. The van der Waals surface area contributed by atoms with E-state index in [1.54, 1.807) is 12.3 Å². The number of halogens is 3. The van der Waals surface area contributed by atoms with E-state index < -0.39 is 11.6 Å². The molecule has 2 aromatic rings. The second-order valence-electron chi connectivity index (χ2n) is 4.64. The van der Waals surface area contributed by atoms with Crippen LogP contribution >= 0.6 is 11.6 Å². The van der Waals surface area contributed by atoms with Crippen LogP contribution in [0.1, 0.15) is 30.0 Å². The highest BCUT2D eigenvalue weighted by Gasteiger charge is 2.24. The summed E-state index contributed by atoms with van der Waals surface area (Å²) in [7, 11) is 0. The monoisotopic (exact) mass is 292 g/mol. The molecule has 1 aromatic carbocycles. The Balaban J connectivity index is 1.94. The minimum Gasteiger partial charge on any atom is -0.281 e. The van der Waals surface area contributed by atoms with Gasteiger partial charge in [-0.05, 0) is 36.6 Å². The van der Waals surface area contributed by atoms with Gasteiger partial charge in [0.1, 0.15) is 16.8 Å². The van der Waals surface area contributed by atoms with Crippen molar-refractivity contribution in [1.29, 1.82) is 0 Å². The molecule has 0 saturated carbocycles. The van der Waals surface area contributed by atoms with E-state index >= 15 is 0 Å². The smallest absolute Gasteiger partial charge is 0.135 e. The van der Waals surface area contributed by atoms with E-state index in [0.29, 0.717) is 23.7 Å². The molecule has 1 unspecified atom stereocenters. The van der Waals surface area contributed by atoms with Gasteiger partial charge in [-0.1, -0.05) is 23.7 Å². The molecular weight excluding hydrogens is 282 g/mol. The summed E-state index contributed by atoms with van der Waals surface area (Å²) < 4.78 is 27.5. The fourth-order valence-corrected chi connectivity index (χ4v) is 2.49. The van der Waals surface area contributed by atoms with Crippen LogP contribution in [-0.4, -0.2) is 10.7 Å². The zero-order valence-corrected chi connectivity index (χ0v) is 11.2. The number of hydrogen-bond donors (Lipinski definition) is 0. The Hall–Kier alpha value is -1.81. The first kappa shape index (κ1) is 13.2. The van der Waals surface area contributed by atoms with Crippen LogP contribution in [0.25, 0.3) is 0 Å². The molecule has 0 spiro atoms. The highest BCUT2D eigenvalue weighted by Crippen LogP contribution is 2.32. The number of nitrogens with zero attached hydrogens (tertiary/aromatic N) is 2. The van der Waals surface area contributed by atoms with Gasteiger partial charge in [-0.15, -0.1) is 0 Å². The zero-order chi connectivity index (χ0) is 14.1.